The number of fused-ring (bicyclic) bond motifs is 1. The van der Waals surface area contributed by atoms with Gasteiger partial charge in [0, 0.05) is 46.8 Å². The largest absolute Gasteiger partial charge is 0.480 e. The maximum atomic E-state index is 13.7. The molecule has 0 bridgehead atoms. The van der Waals surface area contributed by atoms with Gasteiger partial charge in [0.1, 0.15) is 12.4 Å². The molecule has 1 aromatic heterocycles. The van der Waals surface area contributed by atoms with Crippen molar-refractivity contribution in [3.8, 4) is 0 Å². The normalized spacial score (nSPS) is 11.5. The number of benzene rings is 3. The quantitative estimate of drug-likeness (QED) is 0.205. The van der Waals surface area contributed by atoms with Crippen molar-refractivity contribution in [2.45, 2.75) is 11.4 Å². The molecule has 0 saturated heterocycles. The summed E-state index contributed by atoms with van der Waals surface area (Å²) in [6.07, 6.45) is 1.66. The highest BCUT2D eigenvalue weighted by molar-refractivity contribution is 7.93. The minimum absolute atomic E-state index is 0.0823. The van der Waals surface area contributed by atoms with E-state index in [1.807, 2.05) is 20.2 Å². The van der Waals surface area contributed by atoms with Gasteiger partial charge in [0.05, 0.1) is 10.6 Å². The van der Waals surface area contributed by atoms with Crippen LogP contribution in [-0.4, -0.2) is 69.0 Å². The Morgan fingerprint density at radius 3 is 2.33 bits per heavy atom. The third kappa shape index (κ3) is 7.48. The molecule has 220 valence electrons. The number of carboxylic acids is 1. The van der Waals surface area contributed by atoms with Crippen molar-refractivity contribution in [3.05, 3.63) is 94.1 Å². The standard InChI is InChI=1S/C29H29Cl2N5O5S/c1-35(2)12-11-33-27-13-19(9-10-32-27)17-34-29(39)25-7-3-6-24-23(25)5-4-8-26(24)36(18-28(37)38)42(40,41)22-15-20(30)14-21(31)16-22/h3-10,13-16H,11-12,17-18H2,1-2H3,(H,32,33)(H,34,39)(H,37,38). The van der Waals surface area contributed by atoms with Gasteiger partial charge in [-0.1, -0.05) is 47.5 Å². The highest BCUT2D eigenvalue weighted by Gasteiger charge is 2.29. The molecule has 0 aliphatic heterocycles. The first-order valence-electron chi connectivity index (χ1n) is 12.8. The molecule has 0 atom stereocenters. The first-order chi connectivity index (χ1) is 20.0. The summed E-state index contributed by atoms with van der Waals surface area (Å²) in [7, 11) is -0.449. The van der Waals surface area contributed by atoms with E-state index >= 15 is 0 Å². The van der Waals surface area contributed by atoms with Gasteiger partial charge in [-0.15, -0.1) is 0 Å². The number of aliphatic carboxylic acids is 1. The van der Waals surface area contributed by atoms with Crippen LogP contribution in [0.15, 0.2) is 77.8 Å². The van der Waals surface area contributed by atoms with Crippen LogP contribution in [-0.2, 0) is 21.4 Å². The minimum atomic E-state index is -4.41. The molecule has 0 unspecified atom stereocenters. The number of aromatic nitrogens is 1. The molecule has 10 nitrogen and oxygen atoms in total. The molecule has 0 aliphatic carbocycles. The number of carbonyl (C=O) groups is 2. The fourth-order valence-electron chi connectivity index (χ4n) is 4.30. The van der Waals surface area contributed by atoms with E-state index in [1.165, 1.54) is 24.3 Å². The van der Waals surface area contributed by atoms with Crippen molar-refractivity contribution in [1.82, 2.24) is 15.2 Å². The molecule has 1 amide bonds. The van der Waals surface area contributed by atoms with E-state index < -0.39 is 22.5 Å². The summed E-state index contributed by atoms with van der Waals surface area (Å²) in [6, 6.07) is 17.0. The van der Waals surface area contributed by atoms with Crippen molar-refractivity contribution in [1.29, 1.82) is 0 Å². The van der Waals surface area contributed by atoms with Crippen LogP contribution in [0.2, 0.25) is 10.0 Å². The number of nitrogens with one attached hydrogen (secondary N) is 2. The number of pyridine rings is 1. The number of carboxylic acid groups (broad SMARTS) is 1. The molecule has 3 aromatic carbocycles. The molecule has 13 heteroatoms. The topological polar surface area (TPSA) is 132 Å². The molecular formula is C29H29Cl2N5O5S. The Hall–Kier alpha value is -3.90. The summed E-state index contributed by atoms with van der Waals surface area (Å²) in [4.78, 5) is 31.2. The van der Waals surface area contributed by atoms with Crippen LogP contribution in [0, 0.1) is 0 Å². The lowest BCUT2D eigenvalue weighted by Gasteiger charge is -2.25. The number of rotatable bonds is 12. The maximum Gasteiger partial charge on any atom is 0.324 e. The van der Waals surface area contributed by atoms with E-state index in [0.717, 1.165) is 16.4 Å². The predicted octanol–water partition coefficient (Wildman–Crippen LogP) is 4.73. The van der Waals surface area contributed by atoms with E-state index in [0.29, 0.717) is 28.7 Å². The summed E-state index contributed by atoms with van der Waals surface area (Å²) >= 11 is 12.1. The molecular weight excluding hydrogens is 601 g/mol. The number of likely N-dealkylation sites (N-methyl/N-ethyl adjacent to an activating group) is 1. The SMILES string of the molecule is CN(C)CCNc1cc(CNC(=O)c2cccc3c(N(CC(=O)O)S(=O)(=O)c4cc(Cl)cc(Cl)c4)cccc23)ccn1. The van der Waals surface area contributed by atoms with Gasteiger partial charge in [-0.3, -0.25) is 13.9 Å². The second-order valence-corrected chi connectivity index (χ2v) is 12.4. The molecule has 4 aromatic rings. The summed E-state index contributed by atoms with van der Waals surface area (Å²) in [5.74, 6) is -1.06. The van der Waals surface area contributed by atoms with Crippen LogP contribution in [0.25, 0.3) is 10.8 Å². The van der Waals surface area contributed by atoms with Gasteiger partial charge in [-0.05, 0) is 67.5 Å². The molecule has 0 aliphatic rings. The van der Waals surface area contributed by atoms with Gasteiger partial charge in [-0.25, -0.2) is 13.4 Å². The molecule has 0 saturated carbocycles. The molecule has 0 fully saturated rings. The molecule has 42 heavy (non-hydrogen) atoms. The third-order valence-electron chi connectivity index (χ3n) is 6.26. The number of hydrogen-bond donors (Lipinski definition) is 3. The summed E-state index contributed by atoms with van der Waals surface area (Å²) in [5, 5.41) is 16.7. The minimum Gasteiger partial charge on any atom is -0.480 e. The summed E-state index contributed by atoms with van der Waals surface area (Å²) in [6.45, 7) is 0.917. The zero-order valence-corrected chi connectivity index (χ0v) is 25.2. The highest BCUT2D eigenvalue weighted by Crippen LogP contribution is 2.34. The van der Waals surface area contributed by atoms with Crippen LogP contribution in [0.4, 0.5) is 11.5 Å². The Bertz CT molecular complexity index is 1710. The third-order valence-corrected chi connectivity index (χ3v) is 8.43. The summed E-state index contributed by atoms with van der Waals surface area (Å²) < 4.78 is 28.1. The van der Waals surface area contributed by atoms with Gasteiger partial charge >= 0.3 is 5.97 Å². The average Bonchev–Trinajstić information content (AvgIpc) is 2.93. The smallest absolute Gasteiger partial charge is 0.324 e. The monoisotopic (exact) mass is 629 g/mol. The molecule has 0 spiro atoms. The number of hydrogen-bond acceptors (Lipinski definition) is 7. The maximum absolute atomic E-state index is 13.7. The average molecular weight is 631 g/mol. The van der Waals surface area contributed by atoms with Gasteiger partial charge in [0.15, 0.2) is 0 Å². The van der Waals surface area contributed by atoms with Crippen LogP contribution >= 0.6 is 23.2 Å². The fraction of sp³-hybridized carbons (Fsp3) is 0.207. The Morgan fingerprint density at radius 1 is 0.952 bits per heavy atom. The first-order valence-corrected chi connectivity index (χ1v) is 15.0. The van der Waals surface area contributed by atoms with Crippen molar-refractivity contribution in [2.24, 2.45) is 0 Å². The fourth-order valence-corrected chi connectivity index (χ4v) is 6.46. The van der Waals surface area contributed by atoms with Crippen LogP contribution < -0.4 is 14.9 Å². The van der Waals surface area contributed by atoms with E-state index in [1.54, 1.807) is 42.6 Å². The zero-order valence-electron chi connectivity index (χ0n) is 22.8. The number of anilines is 2. The lowest BCUT2D eigenvalue weighted by Crippen LogP contribution is -2.36. The van der Waals surface area contributed by atoms with Crippen LogP contribution in [0.5, 0.6) is 0 Å². The Balaban J connectivity index is 1.64. The second-order valence-electron chi connectivity index (χ2n) is 9.65. The van der Waals surface area contributed by atoms with E-state index in [9.17, 15) is 23.1 Å². The Labute approximate surface area is 253 Å². The second kappa shape index (κ2) is 13.4. The van der Waals surface area contributed by atoms with Crippen LogP contribution in [0.3, 0.4) is 0 Å². The number of nitrogens with zero attached hydrogens (tertiary/aromatic N) is 3. The lowest BCUT2D eigenvalue weighted by molar-refractivity contribution is -0.135. The number of halogens is 2. The molecule has 3 N–H and O–H groups in total. The number of amides is 1. The van der Waals surface area contributed by atoms with E-state index in [-0.39, 0.29) is 33.1 Å². The van der Waals surface area contributed by atoms with Crippen molar-refractivity contribution < 1.29 is 23.1 Å². The lowest BCUT2D eigenvalue weighted by atomic mass is 10.0. The molecule has 0 radical (unpaired) electrons. The predicted molar refractivity (Wildman–Crippen MR) is 165 cm³/mol. The van der Waals surface area contributed by atoms with Gasteiger partial charge in [0.2, 0.25) is 0 Å². The number of carbonyl (C=O) groups excluding carboxylic acids is 1. The van der Waals surface area contributed by atoms with E-state index in [2.05, 4.69) is 20.5 Å². The Morgan fingerprint density at radius 2 is 1.64 bits per heavy atom. The Kier molecular flexibility index (Phi) is 9.89. The van der Waals surface area contributed by atoms with Crippen LogP contribution in [0.1, 0.15) is 15.9 Å². The van der Waals surface area contributed by atoms with Crippen molar-refractivity contribution in [3.63, 3.8) is 0 Å². The molecule has 4 rings (SSSR count). The zero-order chi connectivity index (χ0) is 30.4. The van der Waals surface area contributed by atoms with E-state index in [4.69, 9.17) is 23.2 Å². The van der Waals surface area contributed by atoms with Gasteiger partial charge in [0.25, 0.3) is 15.9 Å². The van der Waals surface area contributed by atoms with Gasteiger partial charge in [-0.2, -0.15) is 0 Å². The highest BCUT2D eigenvalue weighted by atomic mass is 35.5. The summed E-state index contributed by atoms with van der Waals surface area (Å²) in [5.41, 5.74) is 1.22. The van der Waals surface area contributed by atoms with Gasteiger partial charge < -0.3 is 20.6 Å². The first kappa shape index (κ1) is 31.0. The van der Waals surface area contributed by atoms with Crippen molar-refractivity contribution >= 4 is 67.4 Å². The molecule has 1 heterocycles. The van der Waals surface area contributed by atoms with Crippen molar-refractivity contribution in [2.75, 3.05) is 43.4 Å². The number of sulfonamides is 1.